The van der Waals surface area contributed by atoms with Gasteiger partial charge in [0.05, 0.1) is 0 Å². The van der Waals surface area contributed by atoms with Crippen LogP contribution in [0.3, 0.4) is 0 Å². The molecule has 0 saturated carbocycles. The molecule has 0 aliphatic rings. The van der Waals surface area contributed by atoms with Gasteiger partial charge in [-0.25, -0.2) is 0 Å². The van der Waals surface area contributed by atoms with Crippen molar-refractivity contribution >= 4 is 0 Å². The molecule has 1 radical (unpaired) electrons. The summed E-state index contributed by atoms with van der Waals surface area (Å²) >= 11 is 0. The van der Waals surface area contributed by atoms with E-state index in [1.807, 2.05) is 20.0 Å². The zero-order valence-electron chi connectivity index (χ0n) is 4.33. The quantitative estimate of drug-likeness (QED) is 0.400. The minimum Gasteiger partial charge on any atom is -0.462 e. The van der Waals surface area contributed by atoms with Crippen LogP contribution in [0.1, 0.15) is 13.8 Å². The smallest absolute Gasteiger partial charge is 0.107 e. The first-order valence-corrected chi connectivity index (χ1v) is 1.92. The second kappa shape index (κ2) is 5.88. The van der Waals surface area contributed by atoms with E-state index < -0.39 is 0 Å². The van der Waals surface area contributed by atoms with E-state index in [0.717, 1.165) is 0 Å². The Bertz CT molecular complexity index is 77.8. The molecule has 0 aromatic heterocycles. The van der Waals surface area contributed by atoms with Crippen molar-refractivity contribution in [3.05, 3.63) is 0 Å². The van der Waals surface area contributed by atoms with Crippen molar-refractivity contribution in [1.29, 1.82) is 0 Å². The molecular formula is C5H8CuO. The van der Waals surface area contributed by atoms with Crippen molar-refractivity contribution in [2.45, 2.75) is 13.8 Å². The van der Waals surface area contributed by atoms with E-state index in [4.69, 9.17) is 5.11 Å². The molecule has 0 spiro atoms. The number of hydrogen-bond acceptors (Lipinski definition) is 1. The van der Waals surface area contributed by atoms with Crippen molar-refractivity contribution in [3.8, 4) is 12.0 Å². The van der Waals surface area contributed by atoms with Gasteiger partial charge in [0.15, 0.2) is 0 Å². The molecule has 0 aliphatic carbocycles. The van der Waals surface area contributed by atoms with Crippen LogP contribution in [0, 0.1) is 17.9 Å². The summed E-state index contributed by atoms with van der Waals surface area (Å²) in [6.07, 6.45) is 1.82. The van der Waals surface area contributed by atoms with Crippen molar-refractivity contribution in [3.63, 3.8) is 0 Å². The molecule has 0 aliphatic heterocycles. The third-order valence-electron chi connectivity index (χ3n) is 0.353. The molecule has 0 amide bonds. The molecule has 7 heavy (non-hydrogen) atoms. The fourth-order valence-electron chi connectivity index (χ4n) is 0.129. The predicted octanol–water partition coefficient (Wildman–Crippen LogP) is 0.973. The Morgan fingerprint density at radius 1 is 1.43 bits per heavy atom. The van der Waals surface area contributed by atoms with Crippen LogP contribution in [-0.2, 0) is 17.1 Å². The minimum absolute atomic E-state index is 0. The van der Waals surface area contributed by atoms with Gasteiger partial charge in [-0.15, -0.1) is 0 Å². The SMILES string of the molecule is CC(C)C#CO.[Cu]. The number of aliphatic hydroxyl groups is 1. The molecule has 45 valence electrons. The molecule has 0 fully saturated rings. The van der Waals surface area contributed by atoms with Gasteiger partial charge in [0.25, 0.3) is 0 Å². The molecule has 0 bridgehead atoms. The monoisotopic (exact) mass is 147 g/mol. The average Bonchev–Trinajstić information content (AvgIpc) is 1.35. The Labute approximate surface area is 54.6 Å². The molecular weight excluding hydrogens is 140 g/mol. The normalized spacial score (nSPS) is 6.14. The Kier molecular flexibility index (Phi) is 8.39. The minimum atomic E-state index is 0. The van der Waals surface area contributed by atoms with Gasteiger partial charge in [-0.1, -0.05) is 19.8 Å². The van der Waals surface area contributed by atoms with Crippen LogP contribution in [0.5, 0.6) is 0 Å². The zero-order chi connectivity index (χ0) is 4.99. The van der Waals surface area contributed by atoms with Crippen LogP contribution in [0.4, 0.5) is 0 Å². The van der Waals surface area contributed by atoms with E-state index in [1.165, 1.54) is 0 Å². The molecule has 0 saturated heterocycles. The van der Waals surface area contributed by atoms with Crippen LogP contribution < -0.4 is 0 Å². The van der Waals surface area contributed by atoms with Crippen LogP contribution in [0.2, 0.25) is 0 Å². The van der Waals surface area contributed by atoms with E-state index in [0.29, 0.717) is 0 Å². The molecule has 0 rings (SSSR count). The van der Waals surface area contributed by atoms with Gasteiger partial charge >= 0.3 is 0 Å². The number of hydrogen-bond donors (Lipinski definition) is 1. The van der Waals surface area contributed by atoms with Gasteiger partial charge in [-0.2, -0.15) is 0 Å². The van der Waals surface area contributed by atoms with Gasteiger partial charge in [0.2, 0.25) is 0 Å². The van der Waals surface area contributed by atoms with Gasteiger partial charge in [0, 0.05) is 23.0 Å². The second-order valence-electron chi connectivity index (χ2n) is 1.41. The summed E-state index contributed by atoms with van der Waals surface area (Å²) in [6.45, 7) is 3.84. The molecule has 1 N–H and O–H groups in total. The maximum Gasteiger partial charge on any atom is 0.107 e. The Morgan fingerprint density at radius 2 is 1.86 bits per heavy atom. The molecule has 0 aromatic rings. The van der Waals surface area contributed by atoms with Gasteiger partial charge in [-0.05, 0) is 0 Å². The summed E-state index contributed by atoms with van der Waals surface area (Å²) in [5.74, 6) is 2.80. The molecule has 1 nitrogen and oxygen atoms in total. The topological polar surface area (TPSA) is 20.2 Å². The maximum atomic E-state index is 7.88. The van der Waals surface area contributed by atoms with Crippen LogP contribution in [-0.4, -0.2) is 5.11 Å². The van der Waals surface area contributed by atoms with Crippen LogP contribution >= 0.6 is 0 Å². The van der Waals surface area contributed by atoms with Crippen molar-refractivity contribution in [2.24, 2.45) is 5.92 Å². The summed E-state index contributed by atoms with van der Waals surface area (Å²) in [4.78, 5) is 0. The maximum absolute atomic E-state index is 7.88. The summed E-state index contributed by atoms with van der Waals surface area (Å²) in [5.41, 5.74) is 0. The standard InChI is InChI=1S/C5H8O.Cu/c1-5(2)3-4-6;/h5-6H,1-2H3;. The zero-order valence-corrected chi connectivity index (χ0v) is 5.27. The first kappa shape index (κ1) is 9.99. The van der Waals surface area contributed by atoms with Crippen molar-refractivity contribution in [2.75, 3.05) is 0 Å². The van der Waals surface area contributed by atoms with E-state index in [1.54, 1.807) is 0 Å². The summed E-state index contributed by atoms with van der Waals surface area (Å²) in [6, 6.07) is 0. The van der Waals surface area contributed by atoms with E-state index in [9.17, 15) is 0 Å². The van der Waals surface area contributed by atoms with E-state index in [-0.39, 0.29) is 23.0 Å². The summed E-state index contributed by atoms with van der Waals surface area (Å²) in [5, 5.41) is 7.88. The van der Waals surface area contributed by atoms with E-state index in [2.05, 4.69) is 5.92 Å². The fourth-order valence-corrected chi connectivity index (χ4v) is 0.129. The first-order valence-electron chi connectivity index (χ1n) is 1.92. The van der Waals surface area contributed by atoms with Gasteiger partial charge < -0.3 is 5.11 Å². The summed E-state index contributed by atoms with van der Waals surface area (Å²) in [7, 11) is 0. The van der Waals surface area contributed by atoms with Crippen LogP contribution in [0.15, 0.2) is 0 Å². The molecule has 0 atom stereocenters. The Hall–Kier alpha value is -0.121. The number of rotatable bonds is 0. The molecule has 0 aromatic carbocycles. The second-order valence-corrected chi connectivity index (χ2v) is 1.41. The van der Waals surface area contributed by atoms with E-state index >= 15 is 0 Å². The largest absolute Gasteiger partial charge is 0.462 e. The average molecular weight is 148 g/mol. The van der Waals surface area contributed by atoms with Crippen LogP contribution in [0.25, 0.3) is 0 Å². The van der Waals surface area contributed by atoms with Crippen molar-refractivity contribution in [1.82, 2.24) is 0 Å². The molecule has 2 heteroatoms. The molecule has 0 heterocycles. The Morgan fingerprint density at radius 3 is 1.86 bits per heavy atom. The van der Waals surface area contributed by atoms with Crippen molar-refractivity contribution < 1.29 is 22.2 Å². The Balaban J connectivity index is 0. The van der Waals surface area contributed by atoms with Gasteiger partial charge in [0.1, 0.15) is 6.11 Å². The molecule has 0 unspecified atom stereocenters. The fraction of sp³-hybridized carbons (Fsp3) is 0.600. The first-order chi connectivity index (χ1) is 2.77. The third-order valence-corrected chi connectivity index (χ3v) is 0.353. The predicted molar refractivity (Wildman–Crippen MR) is 24.5 cm³/mol. The summed E-state index contributed by atoms with van der Waals surface area (Å²) < 4.78 is 0. The number of aliphatic hydroxyl groups excluding tert-OH is 1. The van der Waals surface area contributed by atoms with Gasteiger partial charge in [-0.3, -0.25) is 0 Å². The third kappa shape index (κ3) is 10.7.